The second-order valence-corrected chi connectivity index (χ2v) is 14.5. The zero-order valence-electron chi connectivity index (χ0n) is 29.6. The van der Waals surface area contributed by atoms with Crippen molar-refractivity contribution in [1.29, 1.82) is 0 Å². The first-order valence-electron chi connectivity index (χ1n) is 17.5. The Hall–Kier alpha value is -4.78. The van der Waals surface area contributed by atoms with E-state index in [0.717, 1.165) is 77.9 Å². The van der Waals surface area contributed by atoms with Gasteiger partial charge in [0.2, 0.25) is 17.6 Å². The molecular weight excluding hydrogens is 636 g/mol. The second-order valence-electron chi connectivity index (χ2n) is 14.5. The number of imide groups is 1. The van der Waals surface area contributed by atoms with Crippen LogP contribution in [0.2, 0.25) is 0 Å². The van der Waals surface area contributed by atoms with Crippen LogP contribution in [0.5, 0.6) is 0 Å². The van der Waals surface area contributed by atoms with Gasteiger partial charge in [-0.2, -0.15) is 0 Å². The number of likely N-dealkylation sites (tertiary alicyclic amines) is 1. The number of hydrogen-bond donors (Lipinski definition) is 2. The summed E-state index contributed by atoms with van der Waals surface area (Å²) in [6.45, 7) is 5.36. The van der Waals surface area contributed by atoms with Crippen LogP contribution in [0.15, 0.2) is 58.1 Å². The lowest BCUT2D eigenvalue weighted by Gasteiger charge is -2.47. The van der Waals surface area contributed by atoms with Crippen LogP contribution < -0.4 is 26.8 Å². The molecule has 0 aliphatic carbocycles. The molecule has 13 heteroatoms. The minimum atomic E-state index is -0.486. The van der Waals surface area contributed by atoms with Gasteiger partial charge in [-0.25, -0.2) is 9.48 Å². The van der Waals surface area contributed by atoms with E-state index in [1.165, 1.54) is 14.1 Å². The van der Waals surface area contributed by atoms with E-state index in [0.29, 0.717) is 18.4 Å². The molecule has 1 aromatic heterocycles. The number of rotatable bonds is 8. The van der Waals surface area contributed by atoms with Crippen LogP contribution in [0.25, 0.3) is 0 Å². The quantitative estimate of drug-likeness (QED) is 0.343. The topological polar surface area (TPSA) is 142 Å². The van der Waals surface area contributed by atoms with Crippen LogP contribution in [-0.4, -0.2) is 88.2 Å². The molecule has 50 heavy (non-hydrogen) atoms. The lowest BCUT2D eigenvalue weighted by molar-refractivity contribution is -0.134. The molecule has 3 aliphatic rings. The largest absolute Gasteiger partial charge is 0.371 e. The van der Waals surface area contributed by atoms with Gasteiger partial charge in [0, 0.05) is 64.0 Å². The fraction of sp³-hybridized carbons (Fsp3) is 0.514. The summed E-state index contributed by atoms with van der Waals surface area (Å²) in [5.41, 5.74) is 3.03. The zero-order valence-corrected chi connectivity index (χ0v) is 29.6. The van der Waals surface area contributed by atoms with Crippen LogP contribution in [0.3, 0.4) is 0 Å². The van der Waals surface area contributed by atoms with Crippen molar-refractivity contribution in [1.82, 2.24) is 29.5 Å². The summed E-state index contributed by atoms with van der Waals surface area (Å²) >= 11 is 0. The van der Waals surface area contributed by atoms with Crippen LogP contribution in [0, 0.1) is 5.41 Å². The van der Waals surface area contributed by atoms with Crippen molar-refractivity contribution in [2.45, 2.75) is 63.5 Å². The summed E-state index contributed by atoms with van der Waals surface area (Å²) < 4.78 is 2.17. The molecule has 3 saturated heterocycles. The molecule has 0 radical (unpaired) electrons. The third-order valence-corrected chi connectivity index (χ3v) is 11.0. The lowest BCUT2D eigenvalue weighted by atomic mass is 9.71. The average molecular weight is 685 g/mol. The molecule has 0 saturated carbocycles. The van der Waals surface area contributed by atoms with Gasteiger partial charge >= 0.3 is 5.69 Å². The molecule has 4 heterocycles. The molecule has 6 rings (SSSR count). The van der Waals surface area contributed by atoms with Crippen LogP contribution >= 0.6 is 0 Å². The van der Waals surface area contributed by atoms with Gasteiger partial charge in [-0.15, -0.1) is 5.10 Å². The number of nitrogens with zero attached hydrogens (tertiary/aromatic N) is 6. The number of nitrogens with one attached hydrogen (secondary N) is 2. The first-order valence-corrected chi connectivity index (χ1v) is 17.5. The Kier molecular flexibility index (Phi) is 9.97. The number of piperidine rings is 3. The number of amides is 3. The number of likely N-dealkylation sites (N-methyl/N-ethyl adjacent to an activating group) is 1. The van der Waals surface area contributed by atoms with Crippen molar-refractivity contribution in [3.8, 4) is 0 Å². The second kappa shape index (κ2) is 14.2. The minimum absolute atomic E-state index is 0.0467. The number of aryl methyl sites for hydroxylation is 1. The van der Waals surface area contributed by atoms with Gasteiger partial charge < -0.3 is 20.0 Å². The van der Waals surface area contributed by atoms with Crippen molar-refractivity contribution >= 4 is 29.2 Å². The van der Waals surface area contributed by atoms with E-state index in [4.69, 9.17) is 0 Å². The molecule has 0 bridgehead atoms. The number of carbonyl (C=O) groups excluding carboxylic acids is 3. The summed E-state index contributed by atoms with van der Waals surface area (Å²) in [5.74, 6) is -0.521. The summed E-state index contributed by atoms with van der Waals surface area (Å²) in [4.78, 5) is 68.6. The van der Waals surface area contributed by atoms with E-state index in [9.17, 15) is 24.0 Å². The molecule has 266 valence electrons. The van der Waals surface area contributed by atoms with Gasteiger partial charge in [0.15, 0.2) is 0 Å². The molecular formula is C37H48N8O5. The van der Waals surface area contributed by atoms with E-state index >= 15 is 0 Å². The Morgan fingerprint density at radius 1 is 0.920 bits per heavy atom. The summed E-state index contributed by atoms with van der Waals surface area (Å²) in [5, 5.41) is 9.79. The first kappa shape index (κ1) is 35.1. The highest BCUT2D eigenvalue weighted by Crippen LogP contribution is 2.42. The van der Waals surface area contributed by atoms with E-state index in [2.05, 4.69) is 32.8 Å². The Labute approximate surface area is 292 Å². The number of benzene rings is 2. The Balaban J connectivity index is 1.02. The fourth-order valence-corrected chi connectivity index (χ4v) is 7.98. The Morgan fingerprint density at radius 3 is 2.14 bits per heavy atom. The predicted octanol–water partition coefficient (Wildman–Crippen LogP) is 2.63. The highest BCUT2D eigenvalue weighted by molar-refractivity contribution is 6.01. The molecule has 3 amide bonds. The molecule has 3 atom stereocenters. The standard InChI is InChI=1S/C37H48N8O5/c1-24(38-32-35(49)42(4)36(50)43(5)40-32)31(41(2)3)26-6-8-27(9-7-26)34(48)45-22-18-37(19-23-45)16-20-44(21-17-37)28-12-10-25(11-13-28)29-14-15-30(46)39-33(29)47/h6-13,24,29,31H,14-23H2,1-5H3,(H,38,40)(H,39,46,47)/t24-,29?,31+/m0/s1. The van der Waals surface area contributed by atoms with Gasteiger partial charge in [0.1, 0.15) is 0 Å². The first-order chi connectivity index (χ1) is 23.9. The molecule has 3 aromatic rings. The van der Waals surface area contributed by atoms with Crippen molar-refractivity contribution < 1.29 is 14.4 Å². The Morgan fingerprint density at radius 2 is 1.54 bits per heavy atom. The average Bonchev–Trinajstić information content (AvgIpc) is 3.10. The van der Waals surface area contributed by atoms with E-state index in [1.54, 1.807) is 0 Å². The van der Waals surface area contributed by atoms with Crippen LogP contribution in [0.1, 0.15) is 78.9 Å². The highest BCUT2D eigenvalue weighted by Gasteiger charge is 2.39. The summed E-state index contributed by atoms with van der Waals surface area (Å²) in [6.07, 6.45) is 5.07. The van der Waals surface area contributed by atoms with E-state index < -0.39 is 11.2 Å². The molecule has 2 N–H and O–H groups in total. The van der Waals surface area contributed by atoms with Crippen LogP contribution in [0.4, 0.5) is 11.5 Å². The molecule has 1 unspecified atom stereocenters. The molecule has 1 spiro atoms. The minimum Gasteiger partial charge on any atom is -0.371 e. The summed E-state index contributed by atoms with van der Waals surface area (Å²) in [6, 6.07) is 15.6. The van der Waals surface area contributed by atoms with Gasteiger partial charge in [-0.1, -0.05) is 24.3 Å². The normalized spacial score (nSPS) is 20.5. The van der Waals surface area contributed by atoms with Gasteiger partial charge in [0.05, 0.1) is 12.0 Å². The molecule has 3 aliphatic heterocycles. The number of anilines is 2. The smallest absolute Gasteiger partial charge is 0.346 e. The Bertz CT molecular complexity index is 1850. The van der Waals surface area contributed by atoms with E-state index in [-0.39, 0.29) is 47.0 Å². The highest BCUT2D eigenvalue weighted by atomic mass is 16.2. The number of carbonyl (C=O) groups is 3. The van der Waals surface area contributed by atoms with Gasteiger partial charge in [-0.05, 0) is 93.9 Å². The third kappa shape index (κ3) is 7.09. The maximum absolute atomic E-state index is 13.6. The lowest BCUT2D eigenvalue weighted by Crippen LogP contribution is -2.48. The summed E-state index contributed by atoms with van der Waals surface area (Å²) in [7, 11) is 6.86. The van der Waals surface area contributed by atoms with E-state index in [1.807, 2.05) is 67.2 Å². The number of aromatic nitrogens is 3. The number of hydrogen-bond acceptors (Lipinski definition) is 9. The van der Waals surface area contributed by atoms with Crippen molar-refractivity contribution in [3.05, 3.63) is 86.1 Å². The molecule has 13 nitrogen and oxygen atoms in total. The van der Waals surface area contributed by atoms with Crippen LogP contribution in [-0.2, 0) is 23.7 Å². The SMILES string of the molecule is C[C@H](Nc1nn(C)c(=O)n(C)c1=O)[C@H](c1ccc(C(=O)N2CCC3(CC2)CCN(c2ccc(C4CCC(=O)NC4=O)cc2)CC3)cc1)N(C)C. The van der Waals surface area contributed by atoms with Crippen molar-refractivity contribution in [3.63, 3.8) is 0 Å². The van der Waals surface area contributed by atoms with Crippen molar-refractivity contribution in [2.24, 2.45) is 19.5 Å². The van der Waals surface area contributed by atoms with Gasteiger partial charge in [0.25, 0.3) is 11.5 Å². The monoisotopic (exact) mass is 684 g/mol. The van der Waals surface area contributed by atoms with Gasteiger partial charge in [-0.3, -0.25) is 29.1 Å². The maximum atomic E-state index is 13.6. The zero-order chi connectivity index (χ0) is 35.7. The molecule has 2 aromatic carbocycles. The third-order valence-electron chi connectivity index (χ3n) is 11.0. The predicted molar refractivity (Wildman–Crippen MR) is 191 cm³/mol. The fourth-order valence-electron chi connectivity index (χ4n) is 7.98. The van der Waals surface area contributed by atoms with Crippen molar-refractivity contribution in [2.75, 3.05) is 50.5 Å². The molecule has 3 fully saturated rings. The maximum Gasteiger partial charge on any atom is 0.346 e.